The van der Waals surface area contributed by atoms with Crippen LogP contribution in [0.4, 0.5) is 5.69 Å². The Hall–Kier alpha value is -2.86. The SMILES string of the molecule is COc1ccc(CN(CC(=O)Nc2ccccc2C(=O)NC2CC2)C2CC2)cc1. The van der Waals surface area contributed by atoms with Crippen molar-refractivity contribution in [3.8, 4) is 5.75 Å². The van der Waals surface area contributed by atoms with Crippen LogP contribution in [-0.4, -0.2) is 42.5 Å². The van der Waals surface area contributed by atoms with Crippen LogP contribution in [0.3, 0.4) is 0 Å². The fourth-order valence-corrected chi connectivity index (χ4v) is 3.37. The molecule has 2 amide bonds. The Labute approximate surface area is 171 Å². The van der Waals surface area contributed by atoms with Gasteiger partial charge in [-0.3, -0.25) is 14.5 Å². The van der Waals surface area contributed by atoms with Gasteiger partial charge in [-0.05, 0) is 55.5 Å². The van der Waals surface area contributed by atoms with Gasteiger partial charge in [-0.1, -0.05) is 24.3 Å². The number of hydrogen-bond acceptors (Lipinski definition) is 4. The number of para-hydroxylation sites is 1. The maximum Gasteiger partial charge on any atom is 0.253 e. The summed E-state index contributed by atoms with van der Waals surface area (Å²) in [5, 5.41) is 5.92. The van der Waals surface area contributed by atoms with E-state index in [4.69, 9.17) is 4.74 Å². The second-order valence-electron chi connectivity index (χ2n) is 7.83. The van der Waals surface area contributed by atoms with Crippen LogP contribution in [0.5, 0.6) is 5.75 Å². The summed E-state index contributed by atoms with van der Waals surface area (Å²) in [6.07, 6.45) is 4.29. The van der Waals surface area contributed by atoms with Crippen molar-refractivity contribution in [2.75, 3.05) is 19.0 Å². The summed E-state index contributed by atoms with van der Waals surface area (Å²) >= 11 is 0. The van der Waals surface area contributed by atoms with E-state index in [9.17, 15) is 9.59 Å². The average Bonchev–Trinajstić information content (AvgIpc) is 3.62. The molecule has 2 fully saturated rings. The largest absolute Gasteiger partial charge is 0.497 e. The minimum Gasteiger partial charge on any atom is -0.497 e. The van der Waals surface area contributed by atoms with Gasteiger partial charge in [0.2, 0.25) is 5.91 Å². The Kier molecular flexibility index (Phi) is 5.81. The number of nitrogens with one attached hydrogen (secondary N) is 2. The van der Waals surface area contributed by atoms with E-state index in [1.54, 1.807) is 19.2 Å². The number of carbonyl (C=O) groups excluding carboxylic acids is 2. The summed E-state index contributed by atoms with van der Waals surface area (Å²) in [5.74, 6) is 0.600. The summed E-state index contributed by atoms with van der Waals surface area (Å²) in [6, 6.07) is 15.8. The van der Waals surface area contributed by atoms with E-state index in [1.807, 2.05) is 36.4 Å². The molecule has 2 N–H and O–H groups in total. The standard InChI is InChI=1S/C23H27N3O3/c1-29-19-12-6-16(7-13-19)14-26(18-10-11-18)15-22(27)25-21-5-3-2-4-20(21)23(28)24-17-8-9-17/h2-7,12-13,17-18H,8-11,14-15H2,1H3,(H,24,28)(H,25,27). The molecular weight excluding hydrogens is 366 g/mol. The van der Waals surface area contributed by atoms with E-state index in [1.165, 1.54) is 0 Å². The zero-order valence-corrected chi connectivity index (χ0v) is 16.7. The molecule has 6 nitrogen and oxygen atoms in total. The van der Waals surface area contributed by atoms with Crippen molar-refractivity contribution >= 4 is 17.5 Å². The molecule has 0 aromatic heterocycles. The second kappa shape index (κ2) is 8.66. The molecule has 0 saturated heterocycles. The molecular formula is C23H27N3O3. The lowest BCUT2D eigenvalue weighted by Gasteiger charge is -2.22. The van der Waals surface area contributed by atoms with Crippen LogP contribution in [-0.2, 0) is 11.3 Å². The van der Waals surface area contributed by atoms with Crippen LogP contribution < -0.4 is 15.4 Å². The first-order chi connectivity index (χ1) is 14.1. The van der Waals surface area contributed by atoms with Crippen LogP contribution in [0.15, 0.2) is 48.5 Å². The van der Waals surface area contributed by atoms with Gasteiger partial charge in [0.1, 0.15) is 5.75 Å². The molecule has 0 atom stereocenters. The fourth-order valence-electron chi connectivity index (χ4n) is 3.37. The highest BCUT2D eigenvalue weighted by Gasteiger charge is 2.30. The first-order valence-corrected chi connectivity index (χ1v) is 10.2. The zero-order chi connectivity index (χ0) is 20.2. The molecule has 2 saturated carbocycles. The predicted molar refractivity (Wildman–Crippen MR) is 112 cm³/mol. The monoisotopic (exact) mass is 393 g/mol. The summed E-state index contributed by atoms with van der Waals surface area (Å²) < 4.78 is 5.21. The van der Waals surface area contributed by atoms with Gasteiger partial charge in [-0.2, -0.15) is 0 Å². The Balaban J connectivity index is 1.39. The average molecular weight is 393 g/mol. The van der Waals surface area contributed by atoms with E-state index >= 15 is 0 Å². The van der Waals surface area contributed by atoms with Gasteiger partial charge in [-0.15, -0.1) is 0 Å². The lowest BCUT2D eigenvalue weighted by Crippen LogP contribution is -2.35. The molecule has 0 bridgehead atoms. The number of carbonyl (C=O) groups is 2. The molecule has 6 heteroatoms. The number of anilines is 1. The van der Waals surface area contributed by atoms with Crippen molar-refractivity contribution in [1.29, 1.82) is 0 Å². The minimum absolute atomic E-state index is 0.0999. The number of ether oxygens (including phenoxy) is 1. The number of methoxy groups -OCH3 is 1. The van der Waals surface area contributed by atoms with E-state index in [0.29, 0.717) is 30.4 Å². The maximum absolute atomic E-state index is 12.8. The summed E-state index contributed by atoms with van der Waals surface area (Å²) in [5.41, 5.74) is 2.23. The fraction of sp³-hybridized carbons (Fsp3) is 0.391. The molecule has 2 aliphatic carbocycles. The van der Waals surface area contributed by atoms with Crippen molar-refractivity contribution in [1.82, 2.24) is 10.2 Å². The van der Waals surface area contributed by atoms with E-state index < -0.39 is 0 Å². The topological polar surface area (TPSA) is 70.7 Å². The molecule has 2 aromatic rings. The van der Waals surface area contributed by atoms with Gasteiger partial charge < -0.3 is 15.4 Å². The number of nitrogens with zero attached hydrogens (tertiary/aromatic N) is 1. The third kappa shape index (κ3) is 5.35. The molecule has 2 aromatic carbocycles. The molecule has 0 radical (unpaired) electrons. The van der Waals surface area contributed by atoms with Crippen LogP contribution in [0.25, 0.3) is 0 Å². The summed E-state index contributed by atoms with van der Waals surface area (Å²) in [6.45, 7) is 1.02. The highest BCUT2D eigenvalue weighted by atomic mass is 16.5. The van der Waals surface area contributed by atoms with Gasteiger partial charge in [0.25, 0.3) is 5.91 Å². The Morgan fingerprint density at radius 1 is 1.03 bits per heavy atom. The van der Waals surface area contributed by atoms with Gasteiger partial charge >= 0.3 is 0 Å². The molecule has 0 heterocycles. The third-order valence-corrected chi connectivity index (χ3v) is 5.31. The van der Waals surface area contributed by atoms with Crippen LogP contribution in [0, 0.1) is 0 Å². The lowest BCUT2D eigenvalue weighted by molar-refractivity contribution is -0.117. The van der Waals surface area contributed by atoms with E-state index in [0.717, 1.165) is 37.0 Å². The highest BCUT2D eigenvalue weighted by molar-refractivity contribution is 6.04. The van der Waals surface area contributed by atoms with Crippen molar-refractivity contribution in [3.05, 3.63) is 59.7 Å². The number of amides is 2. The van der Waals surface area contributed by atoms with Gasteiger partial charge in [0, 0.05) is 18.6 Å². The molecule has 4 rings (SSSR count). The Bertz CT molecular complexity index is 873. The summed E-state index contributed by atoms with van der Waals surface area (Å²) in [4.78, 5) is 27.4. The molecule has 152 valence electrons. The quantitative estimate of drug-likeness (QED) is 0.686. The van der Waals surface area contributed by atoms with Crippen molar-refractivity contribution in [2.24, 2.45) is 0 Å². The van der Waals surface area contributed by atoms with Crippen molar-refractivity contribution in [2.45, 2.75) is 44.3 Å². The Morgan fingerprint density at radius 2 is 1.76 bits per heavy atom. The lowest BCUT2D eigenvalue weighted by atomic mass is 10.1. The smallest absolute Gasteiger partial charge is 0.253 e. The van der Waals surface area contributed by atoms with Crippen LogP contribution in [0.1, 0.15) is 41.6 Å². The zero-order valence-electron chi connectivity index (χ0n) is 16.7. The number of rotatable bonds is 9. The van der Waals surface area contributed by atoms with E-state index in [2.05, 4.69) is 15.5 Å². The molecule has 2 aliphatic rings. The van der Waals surface area contributed by atoms with Crippen molar-refractivity contribution < 1.29 is 14.3 Å². The molecule has 29 heavy (non-hydrogen) atoms. The van der Waals surface area contributed by atoms with Crippen LogP contribution in [0.2, 0.25) is 0 Å². The van der Waals surface area contributed by atoms with Gasteiger partial charge in [-0.25, -0.2) is 0 Å². The van der Waals surface area contributed by atoms with Gasteiger partial charge in [0.15, 0.2) is 0 Å². The predicted octanol–water partition coefficient (Wildman–Crippen LogP) is 3.19. The first kappa shape index (κ1) is 19.5. The third-order valence-electron chi connectivity index (χ3n) is 5.31. The van der Waals surface area contributed by atoms with E-state index in [-0.39, 0.29) is 17.9 Å². The maximum atomic E-state index is 12.8. The van der Waals surface area contributed by atoms with Crippen molar-refractivity contribution in [3.63, 3.8) is 0 Å². The highest BCUT2D eigenvalue weighted by Crippen LogP contribution is 2.29. The second-order valence-corrected chi connectivity index (χ2v) is 7.83. The molecule has 0 spiro atoms. The van der Waals surface area contributed by atoms with Gasteiger partial charge in [0.05, 0.1) is 24.9 Å². The Morgan fingerprint density at radius 3 is 2.41 bits per heavy atom. The summed E-state index contributed by atoms with van der Waals surface area (Å²) in [7, 11) is 1.65. The minimum atomic E-state index is -0.124. The first-order valence-electron chi connectivity index (χ1n) is 10.2. The number of hydrogen-bond donors (Lipinski definition) is 2. The number of benzene rings is 2. The molecule has 0 unspecified atom stereocenters. The molecule has 0 aliphatic heterocycles. The van der Waals surface area contributed by atoms with Crippen LogP contribution >= 0.6 is 0 Å². The normalized spacial score (nSPS) is 15.8.